The van der Waals surface area contributed by atoms with Gasteiger partial charge >= 0.3 is 12.6 Å². The molecule has 0 fully saturated rings. The van der Waals surface area contributed by atoms with Crippen LogP contribution in [0.1, 0.15) is 15.9 Å². The highest BCUT2D eigenvalue weighted by molar-refractivity contribution is 6.31. The molecular formula is C18H15ClF2N2O7. The third-order valence-electron chi connectivity index (χ3n) is 3.70. The summed E-state index contributed by atoms with van der Waals surface area (Å²) < 4.78 is 38.7. The van der Waals surface area contributed by atoms with Crippen molar-refractivity contribution in [2.45, 2.75) is 13.5 Å². The SMILES string of the molecule is COc1cc(C(=O)OCC(=O)Nc2ccc(C)c(Cl)c2)c([N+](=O)[O-])cc1OC(F)F. The number of benzene rings is 2. The van der Waals surface area contributed by atoms with E-state index in [-0.39, 0.29) is 5.75 Å². The van der Waals surface area contributed by atoms with Gasteiger partial charge in [0, 0.05) is 16.8 Å². The number of nitrogens with zero attached hydrogens (tertiary/aromatic N) is 1. The van der Waals surface area contributed by atoms with Crippen LogP contribution < -0.4 is 14.8 Å². The molecule has 0 radical (unpaired) electrons. The highest BCUT2D eigenvalue weighted by Gasteiger charge is 2.27. The lowest BCUT2D eigenvalue weighted by atomic mass is 10.1. The first-order valence-corrected chi connectivity index (χ1v) is 8.54. The summed E-state index contributed by atoms with van der Waals surface area (Å²) in [5, 5.41) is 14.1. The molecule has 0 heterocycles. The number of nitro groups is 1. The number of nitro benzene ring substituents is 1. The van der Waals surface area contributed by atoms with Crippen LogP contribution in [0.4, 0.5) is 20.2 Å². The molecule has 1 amide bonds. The molecule has 2 aromatic rings. The first-order chi connectivity index (χ1) is 14.1. The Hall–Kier alpha value is -3.47. The Balaban J connectivity index is 2.15. The first kappa shape index (κ1) is 22.8. The molecule has 0 aromatic heterocycles. The van der Waals surface area contributed by atoms with Crippen LogP contribution in [0.5, 0.6) is 11.5 Å². The number of nitrogens with one attached hydrogen (secondary N) is 1. The Morgan fingerprint density at radius 3 is 2.50 bits per heavy atom. The Morgan fingerprint density at radius 2 is 1.93 bits per heavy atom. The topological polar surface area (TPSA) is 117 Å². The summed E-state index contributed by atoms with van der Waals surface area (Å²) in [4.78, 5) is 34.5. The number of rotatable bonds is 8. The van der Waals surface area contributed by atoms with Gasteiger partial charge in [0.15, 0.2) is 18.1 Å². The van der Waals surface area contributed by atoms with Gasteiger partial charge in [-0.1, -0.05) is 17.7 Å². The third kappa shape index (κ3) is 5.77. The van der Waals surface area contributed by atoms with Crippen molar-refractivity contribution >= 4 is 34.9 Å². The van der Waals surface area contributed by atoms with Crippen molar-refractivity contribution in [2.75, 3.05) is 19.0 Å². The van der Waals surface area contributed by atoms with E-state index in [0.29, 0.717) is 16.8 Å². The van der Waals surface area contributed by atoms with E-state index in [1.165, 1.54) is 6.07 Å². The average molecular weight is 445 g/mol. The lowest BCUT2D eigenvalue weighted by molar-refractivity contribution is -0.385. The van der Waals surface area contributed by atoms with Gasteiger partial charge in [0.2, 0.25) is 0 Å². The van der Waals surface area contributed by atoms with Crippen LogP contribution in [0.15, 0.2) is 30.3 Å². The van der Waals surface area contributed by atoms with Crippen LogP contribution in [0, 0.1) is 17.0 Å². The molecule has 1 N–H and O–H groups in total. The van der Waals surface area contributed by atoms with Gasteiger partial charge in [-0.2, -0.15) is 8.78 Å². The molecule has 0 saturated carbocycles. The zero-order valence-corrected chi connectivity index (χ0v) is 16.4. The minimum atomic E-state index is -3.27. The number of methoxy groups -OCH3 is 1. The third-order valence-corrected chi connectivity index (χ3v) is 4.11. The fraction of sp³-hybridized carbons (Fsp3) is 0.222. The predicted octanol–water partition coefficient (Wildman–Crippen LogP) is 3.96. The van der Waals surface area contributed by atoms with Crippen LogP contribution in [0.25, 0.3) is 0 Å². The van der Waals surface area contributed by atoms with Gasteiger partial charge in [0.1, 0.15) is 5.56 Å². The Morgan fingerprint density at radius 1 is 1.23 bits per heavy atom. The van der Waals surface area contributed by atoms with E-state index in [2.05, 4.69) is 10.1 Å². The normalized spacial score (nSPS) is 10.5. The summed E-state index contributed by atoms with van der Waals surface area (Å²) in [5.74, 6) is -2.95. The molecule has 0 spiro atoms. The predicted molar refractivity (Wildman–Crippen MR) is 101 cm³/mol. The summed E-state index contributed by atoms with van der Waals surface area (Å²) in [6.45, 7) is -2.26. The number of carbonyl (C=O) groups excluding carboxylic acids is 2. The molecule has 0 aliphatic carbocycles. The average Bonchev–Trinajstić information content (AvgIpc) is 2.68. The number of halogens is 3. The van der Waals surface area contributed by atoms with Crippen LogP contribution in [0.2, 0.25) is 5.02 Å². The number of anilines is 1. The summed E-state index contributed by atoms with van der Waals surface area (Å²) in [5.41, 5.74) is -0.318. The molecule has 0 unspecified atom stereocenters. The molecule has 0 atom stereocenters. The highest BCUT2D eigenvalue weighted by atomic mass is 35.5. The maximum Gasteiger partial charge on any atom is 0.387 e. The lowest BCUT2D eigenvalue weighted by Gasteiger charge is -2.12. The molecule has 2 rings (SSSR count). The minimum absolute atomic E-state index is 0.354. The number of hydrogen-bond acceptors (Lipinski definition) is 7. The molecular weight excluding hydrogens is 430 g/mol. The maximum absolute atomic E-state index is 12.5. The van der Waals surface area contributed by atoms with Crippen molar-refractivity contribution in [1.82, 2.24) is 0 Å². The molecule has 2 aromatic carbocycles. The number of ether oxygens (including phenoxy) is 3. The number of hydrogen-bond donors (Lipinski definition) is 1. The van der Waals surface area contributed by atoms with Gasteiger partial charge in [-0.25, -0.2) is 4.79 Å². The van der Waals surface area contributed by atoms with Crippen molar-refractivity contribution in [2.24, 2.45) is 0 Å². The van der Waals surface area contributed by atoms with E-state index in [4.69, 9.17) is 21.1 Å². The number of amides is 1. The van der Waals surface area contributed by atoms with Gasteiger partial charge in [-0.15, -0.1) is 0 Å². The van der Waals surface area contributed by atoms with Crippen molar-refractivity contribution < 1.29 is 37.5 Å². The molecule has 160 valence electrons. The van der Waals surface area contributed by atoms with E-state index in [1.807, 2.05) is 0 Å². The Kier molecular flexibility index (Phi) is 7.48. The number of esters is 1. The van der Waals surface area contributed by atoms with Crippen molar-refractivity contribution in [1.29, 1.82) is 0 Å². The van der Waals surface area contributed by atoms with Crippen molar-refractivity contribution in [3.05, 3.63) is 56.6 Å². The molecule has 12 heteroatoms. The fourth-order valence-corrected chi connectivity index (χ4v) is 2.47. The van der Waals surface area contributed by atoms with Crippen LogP contribution >= 0.6 is 11.6 Å². The van der Waals surface area contributed by atoms with E-state index >= 15 is 0 Å². The molecule has 9 nitrogen and oxygen atoms in total. The van der Waals surface area contributed by atoms with Gasteiger partial charge in [-0.05, 0) is 24.6 Å². The van der Waals surface area contributed by atoms with E-state index in [1.54, 1.807) is 19.1 Å². The van der Waals surface area contributed by atoms with E-state index < -0.39 is 47.0 Å². The van der Waals surface area contributed by atoms with Crippen LogP contribution in [-0.4, -0.2) is 37.1 Å². The second-order valence-corrected chi connectivity index (χ2v) is 6.15. The second-order valence-electron chi connectivity index (χ2n) is 5.74. The standard InChI is InChI=1S/C18H15ClF2N2O7/c1-9-3-4-10(5-12(9)19)22-16(24)8-29-17(25)11-6-14(28-2)15(30-18(20)21)7-13(11)23(26)27/h3-7,18H,8H2,1-2H3,(H,22,24). The molecule has 30 heavy (non-hydrogen) atoms. The number of alkyl halides is 2. The van der Waals surface area contributed by atoms with Crippen LogP contribution in [0.3, 0.4) is 0 Å². The van der Waals surface area contributed by atoms with Crippen LogP contribution in [-0.2, 0) is 9.53 Å². The number of carbonyl (C=O) groups is 2. The van der Waals surface area contributed by atoms with E-state index in [0.717, 1.165) is 18.7 Å². The summed E-state index contributed by atoms with van der Waals surface area (Å²) in [6.07, 6.45) is 0. The van der Waals surface area contributed by atoms with E-state index in [9.17, 15) is 28.5 Å². The maximum atomic E-state index is 12.5. The molecule has 0 aliphatic rings. The van der Waals surface area contributed by atoms with Crippen molar-refractivity contribution in [3.8, 4) is 11.5 Å². The molecule has 0 bridgehead atoms. The Bertz CT molecular complexity index is 985. The monoisotopic (exact) mass is 444 g/mol. The Labute approximate surface area is 173 Å². The van der Waals surface area contributed by atoms with Gasteiger partial charge in [-0.3, -0.25) is 14.9 Å². The largest absolute Gasteiger partial charge is 0.493 e. The minimum Gasteiger partial charge on any atom is -0.493 e. The van der Waals surface area contributed by atoms with Crippen molar-refractivity contribution in [3.63, 3.8) is 0 Å². The smallest absolute Gasteiger partial charge is 0.387 e. The zero-order chi connectivity index (χ0) is 22.4. The van der Waals surface area contributed by atoms with Gasteiger partial charge < -0.3 is 19.5 Å². The van der Waals surface area contributed by atoms with Gasteiger partial charge in [0.05, 0.1) is 18.1 Å². The fourth-order valence-electron chi connectivity index (χ4n) is 2.29. The zero-order valence-electron chi connectivity index (χ0n) is 15.6. The first-order valence-electron chi connectivity index (χ1n) is 8.16. The molecule has 0 aliphatic heterocycles. The summed E-state index contributed by atoms with van der Waals surface area (Å²) >= 11 is 5.96. The summed E-state index contributed by atoms with van der Waals surface area (Å²) in [6, 6.07) is 6.17. The quantitative estimate of drug-likeness (QED) is 0.372. The van der Waals surface area contributed by atoms with Gasteiger partial charge in [0.25, 0.3) is 11.6 Å². The molecule has 0 saturated heterocycles. The second kappa shape index (κ2) is 9.83. The number of aryl methyl sites for hydroxylation is 1. The lowest BCUT2D eigenvalue weighted by Crippen LogP contribution is -2.21. The highest BCUT2D eigenvalue weighted by Crippen LogP contribution is 2.36. The summed E-state index contributed by atoms with van der Waals surface area (Å²) in [7, 11) is 1.09.